The van der Waals surface area contributed by atoms with Gasteiger partial charge in [-0.1, -0.05) is 6.07 Å². The fourth-order valence-corrected chi connectivity index (χ4v) is 3.30. The van der Waals surface area contributed by atoms with Crippen molar-refractivity contribution in [3.05, 3.63) is 41.0 Å². The van der Waals surface area contributed by atoms with Crippen molar-refractivity contribution in [1.82, 2.24) is 10.0 Å². The van der Waals surface area contributed by atoms with Crippen LogP contribution in [0.25, 0.3) is 4.85 Å². The van der Waals surface area contributed by atoms with Crippen LogP contribution in [0.1, 0.15) is 31.9 Å². The summed E-state index contributed by atoms with van der Waals surface area (Å²) in [5, 5.41) is 2.92. The monoisotopic (exact) mass is 323 g/mol. The average Bonchev–Trinajstić information content (AvgIpc) is 2.97. The molecule has 2 unspecified atom stereocenters. The van der Waals surface area contributed by atoms with Crippen LogP contribution < -0.4 is 0 Å². The number of hydrogen-bond donors (Lipinski definition) is 0. The second kappa shape index (κ2) is 4.96. The van der Waals surface area contributed by atoms with Gasteiger partial charge in [0.05, 0.1) is 12.6 Å². The summed E-state index contributed by atoms with van der Waals surface area (Å²) in [5.41, 5.74) is -1.19. The van der Waals surface area contributed by atoms with E-state index in [1.165, 1.54) is 24.1 Å². The summed E-state index contributed by atoms with van der Waals surface area (Å²) in [7, 11) is 0. The van der Waals surface area contributed by atoms with Gasteiger partial charge in [-0.25, -0.2) is 23.0 Å². The lowest BCUT2D eigenvalue weighted by Crippen LogP contribution is -2.45. The van der Waals surface area contributed by atoms with Crippen molar-refractivity contribution in [2.75, 3.05) is 13.1 Å². The molecule has 122 valence electrons. The molecule has 2 aliphatic heterocycles. The van der Waals surface area contributed by atoms with E-state index in [4.69, 9.17) is 6.57 Å². The molecule has 0 saturated carbocycles. The molecule has 0 aromatic heterocycles. The molecule has 2 saturated heterocycles. The quantitative estimate of drug-likeness (QED) is 0.779. The van der Waals surface area contributed by atoms with Crippen molar-refractivity contribution in [2.24, 2.45) is 5.41 Å². The van der Waals surface area contributed by atoms with Gasteiger partial charge in [0.25, 0.3) is 11.8 Å². The molecule has 0 N–H and O–H groups in total. The van der Waals surface area contributed by atoms with Gasteiger partial charge < -0.3 is 0 Å². The van der Waals surface area contributed by atoms with Gasteiger partial charge >= 0.3 is 0 Å². The van der Waals surface area contributed by atoms with Gasteiger partial charge in [0.15, 0.2) is 5.69 Å². The predicted molar refractivity (Wildman–Crippen MR) is 77.2 cm³/mol. The van der Waals surface area contributed by atoms with E-state index in [0.717, 1.165) is 13.0 Å². The Morgan fingerprint density at radius 1 is 1.39 bits per heavy atom. The van der Waals surface area contributed by atoms with E-state index in [0.29, 0.717) is 18.5 Å². The first-order chi connectivity index (χ1) is 10.7. The lowest BCUT2D eigenvalue weighted by Gasteiger charge is -2.30. The number of halogens is 3. The number of carbonyl (C=O) groups excluding carboxylic acids is 1. The van der Waals surface area contributed by atoms with E-state index in [9.17, 15) is 18.0 Å². The molecule has 1 aromatic rings. The first kappa shape index (κ1) is 15.8. The number of carbonyl (C=O) groups is 1. The molecule has 0 spiro atoms. The first-order valence-electron chi connectivity index (χ1n) is 7.32. The molecule has 2 atom stereocenters. The number of nitrogens with zero attached hydrogens (tertiary/aromatic N) is 3. The fraction of sp³-hybridized carbons (Fsp3) is 0.500. The maximum absolute atomic E-state index is 13.9. The Labute approximate surface area is 132 Å². The predicted octanol–water partition coefficient (Wildman–Crippen LogP) is 3.54. The molecule has 23 heavy (non-hydrogen) atoms. The number of hydrogen-bond acceptors (Lipinski definition) is 2. The number of hydrazine groups is 1. The molecule has 0 bridgehead atoms. The number of rotatable bonds is 2. The van der Waals surface area contributed by atoms with Crippen LogP contribution in [0.15, 0.2) is 18.2 Å². The minimum atomic E-state index is -3.15. The Bertz CT molecular complexity index is 710. The van der Waals surface area contributed by atoms with Crippen molar-refractivity contribution in [2.45, 2.75) is 32.2 Å². The Kier molecular flexibility index (Phi) is 3.41. The molecule has 2 aliphatic rings. The Morgan fingerprint density at radius 3 is 2.70 bits per heavy atom. The molecular weight excluding hydrogens is 307 g/mol. The standard InChI is InChI=1S/C16H16F3N3O/c1-15(16(2,18)19)9-21-5-4-13(22(21)14(15)23)10-6-11(17)8-12(7-10)20-3/h6-8,13H,4-5,9H2,1-2H3. The average molecular weight is 323 g/mol. The maximum atomic E-state index is 13.9. The lowest BCUT2D eigenvalue weighted by atomic mass is 9.83. The Balaban J connectivity index is 1.98. The maximum Gasteiger partial charge on any atom is 0.260 e. The Hall–Kier alpha value is -2.07. The molecule has 4 nitrogen and oxygen atoms in total. The fourth-order valence-electron chi connectivity index (χ4n) is 3.30. The zero-order valence-corrected chi connectivity index (χ0v) is 12.8. The van der Waals surface area contributed by atoms with Crippen molar-refractivity contribution in [3.63, 3.8) is 0 Å². The van der Waals surface area contributed by atoms with E-state index in [2.05, 4.69) is 4.85 Å². The van der Waals surface area contributed by atoms with E-state index in [-0.39, 0.29) is 12.2 Å². The minimum Gasteiger partial charge on any atom is -0.272 e. The topological polar surface area (TPSA) is 27.9 Å². The zero-order valence-electron chi connectivity index (χ0n) is 12.8. The summed E-state index contributed by atoms with van der Waals surface area (Å²) in [4.78, 5) is 15.8. The van der Waals surface area contributed by atoms with Gasteiger partial charge in [0, 0.05) is 20.0 Å². The molecule has 2 heterocycles. The molecule has 1 amide bonds. The summed E-state index contributed by atoms with van der Waals surface area (Å²) < 4.78 is 41.5. The summed E-state index contributed by atoms with van der Waals surface area (Å²) >= 11 is 0. The van der Waals surface area contributed by atoms with E-state index in [1.807, 2.05) is 0 Å². The third-order valence-corrected chi connectivity index (χ3v) is 4.83. The SMILES string of the molecule is [C-]#[N+]c1cc(F)cc(C2CCN3CC(C)(C(C)(F)F)C(=O)N23)c1. The van der Waals surface area contributed by atoms with Crippen molar-refractivity contribution in [1.29, 1.82) is 0 Å². The van der Waals surface area contributed by atoms with E-state index >= 15 is 0 Å². The van der Waals surface area contributed by atoms with Crippen molar-refractivity contribution in [3.8, 4) is 0 Å². The number of amides is 1. The summed E-state index contributed by atoms with van der Waals surface area (Å²) in [6.07, 6.45) is 0.526. The molecule has 1 aromatic carbocycles. The lowest BCUT2D eigenvalue weighted by molar-refractivity contribution is -0.156. The van der Waals surface area contributed by atoms with E-state index in [1.54, 1.807) is 5.01 Å². The Morgan fingerprint density at radius 2 is 2.09 bits per heavy atom. The van der Waals surface area contributed by atoms with Crippen molar-refractivity contribution >= 4 is 11.6 Å². The largest absolute Gasteiger partial charge is 0.272 e. The van der Waals surface area contributed by atoms with Crippen LogP contribution in [0.4, 0.5) is 18.9 Å². The van der Waals surface area contributed by atoms with Crippen LogP contribution in [-0.2, 0) is 4.79 Å². The molecule has 0 radical (unpaired) electrons. The second-order valence-electron chi connectivity index (χ2n) is 6.42. The van der Waals surface area contributed by atoms with Gasteiger partial charge in [-0.05, 0) is 31.0 Å². The van der Waals surface area contributed by atoms with E-state index < -0.39 is 29.1 Å². The molecule has 2 fully saturated rings. The van der Waals surface area contributed by atoms with Crippen LogP contribution >= 0.6 is 0 Å². The number of benzene rings is 1. The molecule has 7 heteroatoms. The van der Waals surface area contributed by atoms with Gasteiger partial charge in [0.2, 0.25) is 0 Å². The number of fused-ring (bicyclic) bond motifs is 1. The smallest absolute Gasteiger partial charge is 0.260 e. The third-order valence-electron chi connectivity index (χ3n) is 4.83. The highest BCUT2D eigenvalue weighted by Crippen LogP contribution is 2.49. The second-order valence-corrected chi connectivity index (χ2v) is 6.42. The minimum absolute atomic E-state index is 0.0587. The highest BCUT2D eigenvalue weighted by molar-refractivity contribution is 5.86. The third kappa shape index (κ3) is 2.29. The van der Waals surface area contributed by atoms with Gasteiger partial charge in [-0.15, -0.1) is 0 Å². The van der Waals surface area contributed by atoms with Gasteiger partial charge in [-0.3, -0.25) is 9.80 Å². The first-order valence-corrected chi connectivity index (χ1v) is 7.32. The molecule has 3 rings (SSSR count). The molecule has 0 aliphatic carbocycles. The highest BCUT2D eigenvalue weighted by Gasteiger charge is 2.62. The number of alkyl halides is 2. The molecular formula is C16H16F3N3O. The summed E-state index contributed by atoms with van der Waals surface area (Å²) in [6, 6.07) is 3.37. The van der Waals surface area contributed by atoms with Crippen LogP contribution in [-0.4, -0.2) is 34.9 Å². The summed E-state index contributed by atoms with van der Waals surface area (Å²) in [6.45, 7) is 9.42. The van der Waals surface area contributed by atoms with Crippen LogP contribution in [0, 0.1) is 17.8 Å². The van der Waals surface area contributed by atoms with Crippen LogP contribution in [0.5, 0.6) is 0 Å². The normalized spacial score (nSPS) is 28.1. The van der Waals surface area contributed by atoms with Gasteiger partial charge in [0.1, 0.15) is 11.2 Å². The highest BCUT2D eigenvalue weighted by atomic mass is 19.3. The van der Waals surface area contributed by atoms with Crippen LogP contribution in [0.2, 0.25) is 0 Å². The van der Waals surface area contributed by atoms with Crippen LogP contribution in [0.3, 0.4) is 0 Å². The zero-order chi connectivity index (χ0) is 17.0. The van der Waals surface area contributed by atoms with Gasteiger partial charge in [-0.2, -0.15) is 0 Å². The summed E-state index contributed by atoms with van der Waals surface area (Å²) in [5.74, 6) is -4.37. The van der Waals surface area contributed by atoms with Crippen molar-refractivity contribution < 1.29 is 18.0 Å².